The summed E-state index contributed by atoms with van der Waals surface area (Å²) in [6.45, 7) is 2.99. The molecule has 166 valence electrons. The van der Waals surface area contributed by atoms with Crippen molar-refractivity contribution in [1.82, 2.24) is 0 Å². The summed E-state index contributed by atoms with van der Waals surface area (Å²) in [7, 11) is 1.86. The maximum absolute atomic E-state index is 13.8. The van der Waals surface area contributed by atoms with Crippen molar-refractivity contribution < 1.29 is 32.3 Å². The molecule has 1 unspecified atom stereocenters. The van der Waals surface area contributed by atoms with Crippen molar-refractivity contribution in [2.45, 2.75) is 32.5 Å². The molecule has 0 aliphatic heterocycles. The first-order valence-corrected chi connectivity index (χ1v) is 10.5. The molecule has 5 nitrogen and oxygen atoms in total. The van der Waals surface area contributed by atoms with E-state index < -0.39 is 23.1 Å². The number of unbranched alkanes of at least 4 members (excludes halogenated alkanes) is 1. The molecule has 0 bridgehead atoms. The van der Waals surface area contributed by atoms with Crippen molar-refractivity contribution in [1.29, 1.82) is 0 Å². The molecule has 0 saturated carbocycles. The first-order chi connectivity index (χ1) is 14.6. The van der Waals surface area contributed by atoms with Crippen molar-refractivity contribution in [3.8, 4) is 17.2 Å². The van der Waals surface area contributed by atoms with Crippen molar-refractivity contribution in [2.24, 2.45) is 0 Å². The highest BCUT2D eigenvalue weighted by Gasteiger charge is 2.41. The van der Waals surface area contributed by atoms with Crippen LogP contribution >= 0.6 is 15.9 Å². The molecule has 0 fully saturated rings. The van der Waals surface area contributed by atoms with E-state index in [1.165, 1.54) is 18.2 Å². The minimum atomic E-state index is -4.98. The molecule has 3 rings (SSSR count). The third-order valence-corrected chi connectivity index (χ3v) is 5.49. The number of rotatable bonds is 7. The van der Waals surface area contributed by atoms with Crippen LogP contribution in [0.5, 0.6) is 17.2 Å². The number of quaternary nitrogens is 1. The lowest BCUT2D eigenvalue weighted by atomic mass is 10.1. The van der Waals surface area contributed by atoms with E-state index in [1.807, 2.05) is 14.0 Å². The van der Waals surface area contributed by atoms with Gasteiger partial charge in [0, 0.05) is 0 Å². The first kappa shape index (κ1) is 23.1. The van der Waals surface area contributed by atoms with Gasteiger partial charge in [0.1, 0.15) is 18.0 Å². The summed E-state index contributed by atoms with van der Waals surface area (Å²) in [6, 6.07) is 8.78. The number of hydrogen-bond donors (Lipinski definition) is 2. The minimum Gasteiger partial charge on any atom is -0.507 e. The van der Waals surface area contributed by atoms with Crippen molar-refractivity contribution >= 4 is 26.9 Å². The van der Waals surface area contributed by atoms with E-state index in [1.54, 1.807) is 18.2 Å². The molecule has 1 aromatic heterocycles. The van der Waals surface area contributed by atoms with Crippen molar-refractivity contribution in [3.63, 3.8) is 0 Å². The second-order valence-electron chi connectivity index (χ2n) is 7.30. The average molecular weight is 501 g/mol. The molecule has 0 radical (unpaired) electrons. The van der Waals surface area contributed by atoms with Gasteiger partial charge in [-0.1, -0.05) is 25.5 Å². The highest BCUT2D eigenvalue weighted by atomic mass is 79.9. The number of alkyl halides is 3. The molecule has 0 saturated heterocycles. The molecule has 2 aromatic carbocycles. The first-order valence-electron chi connectivity index (χ1n) is 9.76. The summed E-state index contributed by atoms with van der Waals surface area (Å²) in [5, 5.41) is 10.2. The molecular weight excluding hydrogens is 479 g/mol. The van der Waals surface area contributed by atoms with E-state index in [2.05, 4.69) is 15.9 Å². The Bertz CT molecular complexity index is 1140. The van der Waals surface area contributed by atoms with Gasteiger partial charge < -0.3 is 19.2 Å². The summed E-state index contributed by atoms with van der Waals surface area (Å²) in [5.41, 5.74) is -1.09. The number of hydrogen-bond acceptors (Lipinski definition) is 4. The number of phenols is 1. The topological polar surface area (TPSA) is 64.1 Å². The van der Waals surface area contributed by atoms with E-state index in [0.29, 0.717) is 4.47 Å². The van der Waals surface area contributed by atoms with Gasteiger partial charge in [-0.25, -0.2) is 0 Å². The molecule has 31 heavy (non-hydrogen) atoms. The van der Waals surface area contributed by atoms with Crippen LogP contribution in [-0.4, -0.2) is 18.7 Å². The summed E-state index contributed by atoms with van der Waals surface area (Å²) in [5.74, 6) is -2.67. The zero-order valence-corrected chi connectivity index (χ0v) is 18.6. The van der Waals surface area contributed by atoms with E-state index in [4.69, 9.17) is 9.15 Å². The van der Waals surface area contributed by atoms with E-state index >= 15 is 0 Å². The predicted molar refractivity (Wildman–Crippen MR) is 114 cm³/mol. The third-order valence-electron chi connectivity index (χ3n) is 4.84. The molecule has 1 heterocycles. The van der Waals surface area contributed by atoms with Crippen molar-refractivity contribution in [2.75, 3.05) is 13.6 Å². The van der Waals surface area contributed by atoms with E-state index in [0.717, 1.165) is 24.3 Å². The van der Waals surface area contributed by atoms with Crippen LogP contribution in [0, 0.1) is 0 Å². The zero-order valence-electron chi connectivity index (χ0n) is 17.0. The van der Waals surface area contributed by atoms with Gasteiger partial charge in [-0.3, -0.25) is 4.79 Å². The van der Waals surface area contributed by atoms with Gasteiger partial charge in [0.15, 0.2) is 5.58 Å². The number of fused-ring (bicyclic) bond motifs is 1. The SMILES string of the molecule is CCCC[NH+](C)Cc1c(O)ccc2c(=O)c(Oc3ccccc3Br)c(C(F)(F)F)oc12. The Hall–Kier alpha value is -2.52. The molecule has 1 atom stereocenters. The summed E-state index contributed by atoms with van der Waals surface area (Å²) >= 11 is 3.20. The quantitative estimate of drug-likeness (QED) is 0.484. The maximum Gasteiger partial charge on any atom is 0.453 e. The molecular formula is C22H22BrF3NO4+. The van der Waals surface area contributed by atoms with Crippen molar-refractivity contribution in [3.05, 3.63) is 62.4 Å². The number of para-hydroxylation sites is 1. The molecule has 3 aromatic rings. The lowest BCUT2D eigenvalue weighted by molar-refractivity contribution is -0.893. The van der Waals surface area contributed by atoms with Gasteiger partial charge in [-0.2, -0.15) is 13.2 Å². The molecule has 0 amide bonds. The summed E-state index contributed by atoms with van der Waals surface area (Å²) in [6.07, 6.45) is -3.10. The lowest BCUT2D eigenvalue weighted by Crippen LogP contribution is -3.07. The lowest BCUT2D eigenvalue weighted by Gasteiger charge is -2.18. The Kier molecular flexibility index (Phi) is 6.96. The summed E-state index contributed by atoms with van der Waals surface area (Å²) < 4.78 is 52.5. The van der Waals surface area contributed by atoms with Crippen LogP contribution in [0.3, 0.4) is 0 Å². The molecule has 0 aliphatic carbocycles. The van der Waals surface area contributed by atoms with Crippen LogP contribution in [0.25, 0.3) is 11.0 Å². The fraction of sp³-hybridized carbons (Fsp3) is 0.318. The number of halogens is 4. The number of benzene rings is 2. The number of nitrogens with one attached hydrogen (secondary N) is 1. The largest absolute Gasteiger partial charge is 0.507 e. The minimum absolute atomic E-state index is 0.0439. The summed E-state index contributed by atoms with van der Waals surface area (Å²) in [4.78, 5) is 14.0. The Morgan fingerprint density at radius 2 is 1.90 bits per heavy atom. The van der Waals surface area contributed by atoms with Gasteiger partial charge in [-0.05, 0) is 46.6 Å². The van der Waals surface area contributed by atoms with Gasteiger partial charge in [-0.15, -0.1) is 0 Å². The number of phenolic OH excluding ortho intramolecular Hbond substituents is 1. The number of aromatic hydroxyl groups is 1. The van der Waals surface area contributed by atoms with Gasteiger partial charge in [0.2, 0.25) is 11.2 Å². The normalized spacial score (nSPS) is 12.8. The molecule has 0 aliphatic rings. The van der Waals surface area contributed by atoms with E-state index in [-0.39, 0.29) is 34.6 Å². The second kappa shape index (κ2) is 9.32. The predicted octanol–water partition coefficient (Wildman–Crippen LogP) is 4.89. The standard InChI is InChI=1S/C22H21BrF3NO4/c1-3-4-11-27(2)12-14-16(28)10-9-13-18(29)20(21(22(24,25)26)31-19(13)14)30-17-8-6-5-7-15(17)23/h5-10,28H,3-4,11-12H2,1-2H3/p+1. The van der Waals surface area contributed by atoms with Crippen LogP contribution in [0.2, 0.25) is 0 Å². The van der Waals surface area contributed by atoms with Crippen LogP contribution in [0.4, 0.5) is 13.2 Å². The fourth-order valence-corrected chi connectivity index (χ4v) is 3.61. The van der Waals surface area contributed by atoms with Crippen LogP contribution < -0.4 is 15.1 Å². The van der Waals surface area contributed by atoms with E-state index in [9.17, 15) is 23.1 Å². The van der Waals surface area contributed by atoms with Gasteiger partial charge >= 0.3 is 6.18 Å². The highest BCUT2D eigenvalue weighted by Crippen LogP contribution is 2.40. The smallest absolute Gasteiger partial charge is 0.453 e. The Balaban J connectivity index is 2.21. The third kappa shape index (κ3) is 5.04. The molecule has 0 spiro atoms. The Morgan fingerprint density at radius 3 is 2.55 bits per heavy atom. The van der Waals surface area contributed by atoms with Gasteiger partial charge in [0.05, 0.1) is 29.0 Å². The fourth-order valence-electron chi connectivity index (χ4n) is 3.24. The average Bonchev–Trinajstić information content (AvgIpc) is 2.71. The molecule has 9 heteroatoms. The van der Waals surface area contributed by atoms with Crippen LogP contribution in [0.1, 0.15) is 31.1 Å². The molecule has 2 N–H and O–H groups in total. The zero-order chi connectivity index (χ0) is 22.8. The monoisotopic (exact) mass is 500 g/mol. The highest BCUT2D eigenvalue weighted by molar-refractivity contribution is 9.10. The second-order valence-corrected chi connectivity index (χ2v) is 8.15. The maximum atomic E-state index is 13.8. The Labute approximate surface area is 185 Å². The Morgan fingerprint density at radius 1 is 1.19 bits per heavy atom. The van der Waals surface area contributed by atoms with Crippen LogP contribution in [0.15, 0.2) is 50.1 Å². The van der Waals surface area contributed by atoms with Gasteiger partial charge in [0.25, 0.3) is 5.76 Å². The number of ether oxygens (including phenoxy) is 1. The van der Waals surface area contributed by atoms with Crippen LogP contribution in [-0.2, 0) is 12.7 Å².